The number of piperidine rings is 1. The van der Waals surface area contributed by atoms with Gasteiger partial charge in [-0.3, -0.25) is 4.79 Å². The molecule has 16 heavy (non-hydrogen) atoms. The summed E-state index contributed by atoms with van der Waals surface area (Å²) in [6.07, 6.45) is 2.09. The van der Waals surface area contributed by atoms with Crippen LogP contribution >= 0.6 is 11.3 Å². The summed E-state index contributed by atoms with van der Waals surface area (Å²) in [6.45, 7) is 4.24. The predicted molar refractivity (Wildman–Crippen MR) is 64.2 cm³/mol. The molecule has 1 aromatic rings. The number of aromatic nitrogens is 1. The quantitative estimate of drug-likeness (QED) is 0.863. The van der Waals surface area contributed by atoms with E-state index >= 15 is 0 Å². The number of amides is 1. The van der Waals surface area contributed by atoms with E-state index in [1.807, 2.05) is 10.4 Å². The van der Waals surface area contributed by atoms with Gasteiger partial charge in [0.25, 0.3) is 0 Å². The number of carbonyl (C=O) groups excluding carboxylic acids is 1. The third kappa shape index (κ3) is 3.02. The number of hydrogen-bond acceptors (Lipinski definition) is 4. The molecule has 2 heterocycles. The first kappa shape index (κ1) is 11.5. The van der Waals surface area contributed by atoms with E-state index in [1.165, 1.54) is 0 Å². The van der Waals surface area contributed by atoms with Gasteiger partial charge in [-0.1, -0.05) is 0 Å². The molecule has 1 aromatic heterocycles. The summed E-state index contributed by atoms with van der Waals surface area (Å²) in [5, 5.41) is 5.56. The second-order valence-electron chi connectivity index (χ2n) is 4.14. The Hall–Kier alpha value is -0.940. The second kappa shape index (κ2) is 5.41. The highest BCUT2D eigenvalue weighted by Crippen LogP contribution is 2.11. The molecule has 4 nitrogen and oxygen atoms in total. The van der Waals surface area contributed by atoms with E-state index in [0.717, 1.165) is 38.2 Å². The summed E-state index contributed by atoms with van der Waals surface area (Å²) in [5.41, 5.74) is 2.97. The van der Waals surface area contributed by atoms with Gasteiger partial charge in [0.1, 0.15) is 0 Å². The van der Waals surface area contributed by atoms with E-state index in [2.05, 4.69) is 15.7 Å². The molecule has 1 N–H and O–H groups in total. The van der Waals surface area contributed by atoms with Gasteiger partial charge in [0.2, 0.25) is 5.91 Å². The number of thiazole rings is 1. The molecular weight excluding hydrogens is 222 g/mol. The fourth-order valence-electron chi connectivity index (χ4n) is 1.97. The number of likely N-dealkylation sites (tertiary alicyclic amines) is 1. The third-order valence-corrected chi connectivity index (χ3v) is 3.63. The fraction of sp³-hybridized carbons (Fsp3) is 0.636. The lowest BCUT2D eigenvalue weighted by atomic mass is 10.1. The maximum absolute atomic E-state index is 11.1. The van der Waals surface area contributed by atoms with Crippen molar-refractivity contribution in [2.45, 2.75) is 32.4 Å². The Kier molecular flexibility index (Phi) is 3.90. The molecule has 0 bridgehead atoms. The first-order valence-electron chi connectivity index (χ1n) is 5.61. The summed E-state index contributed by atoms with van der Waals surface area (Å²) >= 11 is 1.63. The van der Waals surface area contributed by atoms with Crippen LogP contribution in [0.4, 0.5) is 0 Å². The second-order valence-corrected chi connectivity index (χ2v) is 4.86. The summed E-state index contributed by atoms with van der Waals surface area (Å²) in [5.74, 6) is 0.193. The van der Waals surface area contributed by atoms with Crippen molar-refractivity contribution >= 4 is 17.2 Å². The van der Waals surface area contributed by atoms with Crippen molar-refractivity contribution in [1.29, 1.82) is 0 Å². The molecule has 1 aliphatic heterocycles. The van der Waals surface area contributed by atoms with Crippen molar-refractivity contribution in [3.63, 3.8) is 0 Å². The van der Waals surface area contributed by atoms with Crippen LogP contribution in [0.15, 0.2) is 10.9 Å². The standard InChI is InChI=1S/C11H17N3OS/c1-9(15)14-4-2-10(3-5-14)12-6-11-7-16-8-13-11/h7-8,10,12H,2-6H2,1H3. The molecule has 0 aromatic carbocycles. The van der Waals surface area contributed by atoms with Gasteiger partial charge < -0.3 is 10.2 Å². The van der Waals surface area contributed by atoms with Gasteiger partial charge >= 0.3 is 0 Å². The van der Waals surface area contributed by atoms with E-state index < -0.39 is 0 Å². The highest BCUT2D eigenvalue weighted by atomic mass is 32.1. The summed E-state index contributed by atoms with van der Waals surface area (Å²) < 4.78 is 0. The minimum Gasteiger partial charge on any atom is -0.343 e. The Labute approximate surface area is 99.7 Å². The molecule has 0 unspecified atom stereocenters. The summed E-state index contributed by atoms with van der Waals surface area (Å²) in [6, 6.07) is 0.525. The minimum atomic E-state index is 0.193. The molecule has 1 amide bonds. The Bertz CT molecular complexity index is 331. The molecule has 0 aliphatic carbocycles. The van der Waals surface area contributed by atoms with Crippen LogP contribution in [0.5, 0.6) is 0 Å². The number of rotatable bonds is 3. The van der Waals surface area contributed by atoms with E-state index in [1.54, 1.807) is 18.3 Å². The number of carbonyl (C=O) groups is 1. The highest BCUT2D eigenvalue weighted by molar-refractivity contribution is 7.07. The van der Waals surface area contributed by atoms with Crippen LogP contribution in [-0.4, -0.2) is 34.9 Å². The van der Waals surface area contributed by atoms with Gasteiger partial charge in [-0.25, -0.2) is 4.98 Å². The van der Waals surface area contributed by atoms with Crippen LogP contribution in [0.1, 0.15) is 25.5 Å². The zero-order valence-electron chi connectivity index (χ0n) is 9.48. The molecule has 1 aliphatic rings. The van der Waals surface area contributed by atoms with Crippen molar-refractivity contribution in [3.8, 4) is 0 Å². The molecule has 1 fully saturated rings. The molecule has 0 spiro atoms. The predicted octanol–water partition coefficient (Wildman–Crippen LogP) is 1.24. The fourth-order valence-corrected chi connectivity index (χ4v) is 2.53. The smallest absolute Gasteiger partial charge is 0.219 e. The first-order valence-corrected chi connectivity index (χ1v) is 6.56. The maximum Gasteiger partial charge on any atom is 0.219 e. The number of nitrogens with zero attached hydrogens (tertiary/aromatic N) is 2. The van der Waals surface area contributed by atoms with Crippen molar-refractivity contribution in [2.24, 2.45) is 0 Å². The maximum atomic E-state index is 11.1. The van der Waals surface area contributed by atoms with Gasteiger partial charge in [-0.15, -0.1) is 11.3 Å². The van der Waals surface area contributed by atoms with Gasteiger partial charge in [0.05, 0.1) is 11.2 Å². The molecule has 5 heteroatoms. The van der Waals surface area contributed by atoms with E-state index in [9.17, 15) is 4.79 Å². The lowest BCUT2D eigenvalue weighted by Gasteiger charge is -2.31. The molecule has 0 atom stereocenters. The largest absolute Gasteiger partial charge is 0.343 e. The van der Waals surface area contributed by atoms with Gasteiger partial charge in [-0.05, 0) is 12.8 Å². The van der Waals surface area contributed by atoms with Gasteiger partial charge in [-0.2, -0.15) is 0 Å². The Morgan fingerprint density at radius 2 is 2.38 bits per heavy atom. The number of nitrogens with one attached hydrogen (secondary N) is 1. The molecular formula is C11H17N3OS. The van der Waals surface area contributed by atoms with Crippen LogP contribution in [-0.2, 0) is 11.3 Å². The summed E-state index contributed by atoms with van der Waals surface area (Å²) in [7, 11) is 0. The average Bonchev–Trinajstić information content (AvgIpc) is 2.80. The van der Waals surface area contributed by atoms with Crippen LogP contribution in [0.3, 0.4) is 0 Å². The normalized spacial score (nSPS) is 17.7. The molecule has 0 saturated carbocycles. The van der Waals surface area contributed by atoms with Crippen LogP contribution in [0, 0.1) is 0 Å². The Morgan fingerprint density at radius 1 is 1.62 bits per heavy atom. The third-order valence-electron chi connectivity index (χ3n) is 3.00. The zero-order valence-corrected chi connectivity index (χ0v) is 10.3. The topological polar surface area (TPSA) is 45.2 Å². The van der Waals surface area contributed by atoms with Crippen molar-refractivity contribution in [3.05, 3.63) is 16.6 Å². The van der Waals surface area contributed by atoms with Crippen LogP contribution < -0.4 is 5.32 Å². The SMILES string of the molecule is CC(=O)N1CCC(NCc2cscn2)CC1. The van der Waals surface area contributed by atoms with Crippen molar-refractivity contribution < 1.29 is 4.79 Å². The Morgan fingerprint density at radius 3 is 2.94 bits per heavy atom. The summed E-state index contributed by atoms with van der Waals surface area (Å²) in [4.78, 5) is 17.3. The van der Waals surface area contributed by atoms with Crippen molar-refractivity contribution in [1.82, 2.24) is 15.2 Å². The molecule has 1 saturated heterocycles. The van der Waals surface area contributed by atoms with E-state index in [-0.39, 0.29) is 5.91 Å². The van der Waals surface area contributed by atoms with Gasteiger partial charge in [0, 0.05) is 38.0 Å². The molecule has 2 rings (SSSR count). The van der Waals surface area contributed by atoms with E-state index in [4.69, 9.17) is 0 Å². The molecule has 88 valence electrons. The van der Waals surface area contributed by atoms with Crippen LogP contribution in [0.2, 0.25) is 0 Å². The van der Waals surface area contributed by atoms with Crippen molar-refractivity contribution in [2.75, 3.05) is 13.1 Å². The first-order chi connectivity index (χ1) is 7.75. The Balaban J connectivity index is 1.71. The van der Waals surface area contributed by atoms with E-state index in [0.29, 0.717) is 6.04 Å². The monoisotopic (exact) mass is 239 g/mol. The molecule has 0 radical (unpaired) electrons. The minimum absolute atomic E-state index is 0.193. The zero-order chi connectivity index (χ0) is 11.4. The number of hydrogen-bond donors (Lipinski definition) is 1. The average molecular weight is 239 g/mol. The van der Waals surface area contributed by atoms with Gasteiger partial charge in [0.15, 0.2) is 0 Å². The lowest BCUT2D eigenvalue weighted by molar-refractivity contribution is -0.129. The van der Waals surface area contributed by atoms with Crippen LogP contribution in [0.25, 0.3) is 0 Å². The highest BCUT2D eigenvalue weighted by Gasteiger charge is 2.19. The lowest BCUT2D eigenvalue weighted by Crippen LogP contribution is -2.43.